The first kappa shape index (κ1) is 6.52. The average Bonchev–Trinajstić information content (AvgIpc) is 1.35. The van der Waals surface area contributed by atoms with E-state index >= 15 is 0 Å². The molecule has 0 rings (SSSR count). The van der Waals surface area contributed by atoms with E-state index < -0.39 is 13.9 Å². The Morgan fingerprint density at radius 1 is 1.17 bits per heavy atom. The zero-order chi connectivity index (χ0) is 5.21. The van der Waals surface area contributed by atoms with Gasteiger partial charge in [0.05, 0.1) is 0 Å². The molecule has 0 spiro atoms. The number of hydrogen-bond acceptors (Lipinski definition) is 1. The van der Waals surface area contributed by atoms with Gasteiger partial charge in [0.25, 0.3) is 0 Å². The molecule has 0 bridgehead atoms. The van der Waals surface area contributed by atoms with E-state index in [2.05, 4.69) is 17.1 Å². The minimum atomic E-state index is -1.41. The van der Waals surface area contributed by atoms with Gasteiger partial charge in [0.15, 0.2) is 0 Å². The van der Waals surface area contributed by atoms with Crippen LogP contribution in [0.5, 0.6) is 0 Å². The van der Waals surface area contributed by atoms with Crippen LogP contribution in [-0.4, -0.2) is 21.0 Å². The van der Waals surface area contributed by atoms with Crippen molar-refractivity contribution < 1.29 is 3.73 Å². The van der Waals surface area contributed by atoms with Crippen molar-refractivity contribution in [2.24, 2.45) is 0 Å². The van der Waals surface area contributed by atoms with Crippen LogP contribution in [0.15, 0.2) is 0 Å². The molecule has 39 valence electrons. The monoisotopic (exact) mass is 151 g/mol. The van der Waals surface area contributed by atoms with Crippen LogP contribution in [-0.2, 0) is 3.73 Å². The van der Waals surface area contributed by atoms with Gasteiger partial charge in [-0.1, -0.05) is 0 Å². The summed E-state index contributed by atoms with van der Waals surface area (Å²) in [7, 11) is 1.78. The molecule has 0 saturated heterocycles. The fourth-order valence-corrected chi connectivity index (χ4v) is 0. The normalized spacial score (nSPS) is 12.0. The molecule has 0 saturated carbocycles. The van der Waals surface area contributed by atoms with E-state index in [9.17, 15) is 0 Å². The molecular weight excluding hydrogens is 139 g/mol. The van der Waals surface area contributed by atoms with Crippen molar-refractivity contribution in [3.8, 4) is 0 Å². The van der Waals surface area contributed by atoms with Crippen LogP contribution in [0.4, 0.5) is 0 Å². The minimum absolute atomic E-state index is 1.41. The molecule has 1 radical (unpaired) electrons. The van der Waals surface area contributed by atoms with Crippen molar-refractivity contribution in [1.29, 1.82) is 0 Å². The predicted octanol–water partition coefficient (Wildman–Crippen LogP) is 1.47. The van der Waals surface area contributed by atoms with Crippen LogP contribution < -0.4 is 0 Å². The molecule has 0 aliphatic carbocycles. The quantitative estimate of drug-likeness (QED) is 0.515. The molecule has 0 unspecified atom stereocenters. The standard InChI is InChI=1S/C4H12AsO/c1-5(2,3)6-4/h1-4H3. The Kier molecular flexibility index (Phi) is 2.17. The van der Waals surface area contributed by atoms with Gasteiger partial charge in [-0.25, -0.2) is 0 Å². The van der Waals surface area contributed by atoms with Gasteiger partial charge < -0.3 is 0 Å². The number of hydrogen-bond donors (Lipinski definition) is 0. The Labute approximate surface area is 42.5 Å². The molecule has 0 aromatic carbocycles. The second-order valence-electron chi connectivity index (χ2n) is 2.07. The van der Waals surface area contributed by atoms with Crippen molar-refractivity contribution in [2.75, 3.05) is 7.11 Å². The van der Waals surface area contributed by atoms with Crippen LogP contribution >= 0.6 is 0 Å². The fourth-order valence-electron chi connectivity index (χ4n) is 0. The summed E-state index contributed by atoms with van der Waals surface area (Å²) in [5.74, 6) is 0. The predicted molar refractivity (Wildman–Crippen MR) is 30.4 cm³/mol. The first-order valence-corrected chi connectivity index (χ1v) is 8.33. The summed E-state index contributed by atoms with van der Waals surface area (Å²) in [6, 6.07) is 0. The van der Waals surface area contributed by atoms with Gasteiger partial charge >= 0.3 is 41.9 Å². The van der Waals surface area contributed by atoms with E-state index in [1.807, 2.05) is 0 Å². The first-order valence-electron chi connectivity index (χ1n) is 1.93. The molecule has 0 fully saturated rings. The maximum atomic E-state index is 5.11. The molecule has 0 aliphatic rings. The van der Waals surface area contributed by atoms with E-state index in [1.54, 1.807) is 7.11 Å². The van der Waals surface area contributed by atoms with Crippen molar-refractivity contribution >= 4 is 13.9 Å². The molecule has 0 aliphatic heterocycles. The Hall–Kier alpha value is 0.518. The zero-order valence-corrected chi connectivity index (χ0v) is 6.73. The SMILES string of the molecule is CO[As](C)(C)C. The Morgan fingerprint density at radius 2 is 1.33 bits per heavy atom. The van der Waals surface area contributed by atoms with Crippen LogP contribution in [0, 0.1) is 0 Å². The topological polar surface area (TPSA) is 9.23 Å². The summed E-state index contributed by atoms with van der Waals surface area (Å²) in [6.45, 7) is 0. The van der Waals surface area contributed by atoms with Gasteiger partial charge in [-0.15, -0.1) is 0 Å². The molecule has 0 aromatic rings. The summed E-state index contributed by atoms with van der Waals surface area (Å²) in [6.07, 6.45) is 0. The second kappa shape index (κ2) is 1.99. The third kappa shape index (κ3) is 4.52. The first-order chi connectivity index (χ1) is 2.56. The summed E-state index contributed by atoms with van der Waals surface area (Å²) in [5.41, 5.74) is 6.58. The van der Waals surface area contributed by atoms with Gasteiger partial charge in [0.2, 0.25) is 0 Å². The van der Waals surface area contributed by atoms with Gasteiger partial charge in [-0.2, -0.15) is 0 Å². The van der Waals surface area contributed by atoms with E-state index in [0.29, 0.717) is 0 Å². The van der Waals surface area contributed by atoms with E-state index in [1.165, 1.54) is 0 Å². The van der Waals surface area contributed by atoms with E-state index in [-0.39, 0.29) is 0 Å². The maximum absolute atomic E-state index is 5.11. The molecule has 0 N–H and O–H groups in total. The van der Waals surface area contributed by atoms with Crippen molar-refractivity contribution in [2.45, 2.75) is 17.1 Å². The van der Waals surface area contributed by atoms with Crippen LogP contribution in [0.2, 0.25) is 17.1 Å². The van der Waals surface area contributed by atoms with Crippen LogP contribution in [0.1, 0.15) is 0 Å². The van der Waals surface area contributed by atoms with E-state index in [0.717, 1.165) is 0 Å². The zero-order valence-electron chi connectivity index (χ0n) is 4.86. The second-order valence-corrected chi connectivity index (χ2v) is 10.8. The van der Waals surface area contributed by atoms with E-state index in [4.69, 9.17) is 3.73 Å². The molecule has 0 amide bonds. The van der Waals surface area contributed by atoms with Gasteiger partial charge in [-0.3, -0.25) is 0 Å². The molecule has 0 aromatic heterocycles. The van der Waals surface area contributed by atoms with Gasteiger partial charge in [0.1, 0.15) is 0 Å². The summed E-state index contributed by atoms with van der Waals surface area (Å²) >= 11 is -1.41. The Bertz CT molecular complexity index is 37.3. The Morgan fingerprint density at radius 3 is 1.33 bits per heavy atom. The molecular formula is C4H12AsO. The number of rotatable bonds is 1. The fraction of sp³-hybridized carbons (Fsp3) is 1.00. The van der Waals surface area contributed by atoms with Crippen molar-refractivity contribution in [1.82, 2.24) is 0 Å². The van der Waals surface area contributed by atoms with Crippen molar-refractivity contribution in [3.63, 3.8) is 0 Å². The molecule has 6 heavy (non-hydrogen) atoms. The summed E-state index contributed by atoms with van der Waals surface area (Å²) < 4.78 is 5.11. The van der Waals surface area contributed by atoms with Crippen LogP contribution in [0.3, 0.4) is 0 Å². The molecule has 1 nitrogen and oxygen atoms in total. The van der Waals surface area contributed by atoms with Crippen molar-refractivity contribution in [3.05, 3.63) is 0 Å². The molecule has 2 heteroatoms. The molecule has 0 atom stereocenters. The summed E-state index contributed by atoms with van der Waals surface area (Å²) in [5, 5.41) is 0. The average molecular weight is 151 g/mol. The van der Waals surface area contributed by atoms with Gasteiger partial charge in [-0.05, 0) is 0 Å². The molecule has 0 heterocycles. The Balaban J connectivity index is 3.17. The summed E-state index contributed by atoms with van der Waals surface area (Å²) in [4.78, 5) is 0. The van der Waals surface area contributed by atoms with Crippen LogP contribution in [0.25, 0.3) is 0 Å². The van der Waals surface area contributed by atoms with Gasteiger partial charge in [0, 0.05) is 0 Å². The third-order valence-electron chi connectivity index (χ3n) is 0.548. The third-order valence-corrected chi connectivity index (χ3v) is 2.85.